The molecule has 3 atom stereocenters. The van der Waals surface area contributed by atoms with Gasteiger partial charge in [0.1, 0.15) is 0 Å². The summed E-state index contributed by atoms with van der Waals surface area (Å²) >= 11 is 0. The van der Waals surface area contributed by atoms with Gasteiger partial charge in [0.25, 0.3) is 0 Å². The summed E-state index contributed by atoms with van der Waals surface area (Å²) in [4.78, 5) is 0. The molecular formula is C70H56N2. The maximum Gasteiger partial charge on any atom is 0.0547 e. The summed E-state index contributed by atoms with van der Waals surface area (Å²) in [7, 11) is 0. The van der Waals surface area contributed by atoms with Crippen LogP contribution in [0.15, 0.2) is 206 Å². The number of fused-ring (bicyclic) bond motifs is 15. The van der Waals surface area contributed by atoms with Crippen LogP contribution in [-0.2, 0) is 10.8 Å². The van der Waals surface area contributed by atoms with Crippen LogP contribution in [0.4, 0.5) is 0 Å². The summed E-state index contributed by atoms with van der Waals surface area (Å²) in [5.74, 6) is 0.947. The van der Waals surface area contributed by atoms with Crippen LogP contribution in [0.25, 0.3) is 93.9 Å². The van der Waals surface area contributed by atoms with Gasteiger partial charge in [0.15, 0.2) is 0 Å². The van der Waals surface area contributed by atoms with Crippen molar-refractivity contribution >= 4 is 49.2 Å². The Hall–Kier alpha value is -7.94. The van der Waals surface area contributed by atoms with Gasteiger partial charge in [-0.1, -0.05) is 163 Å². The van der Waals surface area contributed by atoms with Gasteiger partial charge in [-0.15, -0.1) is 0 Å². The fraction of sp³-hybridized carbons (Fsp3) is 0.171. The first kappa shape index (κ1) is 41.8. The lowest BCUT2D eigenvalue weighted by Gasteiger charge is -2.32. The highest BCUT2D eigenvalue weighted by Crippen LogP contribution is 2.55. The Morgan fingerprint density at radius 1 is 0.403 bits per heavy atom. The minimum atomic E-state index is -0.0205. The zero-order chi connectivity index (χ0) is 48.4. The molecule has 4 aliphatic rings. The molecule has 0 radical (unpaired) electrons. The molecule has 3 unspecified atom stereocenters. The monoisotopic (exact) mass is 924 g/mol. The Bertz CT molecular complexity index is 4210. The molecule has 11 aromatic rings. The van der Waals surface area contributed by atoms with Gasteiger partial charge in [0, 0.05) is 49.7 Å². The molecule has 9 aromatic carbocycles. The Balaban J connectivity index is 0.919. The summed E-state index contributed by atoms with van der Waals surface area (Å²) in [6.45, 7) is 14.4. The van der Waals surface area contributed by atoms with Crippen molar-refractivity contribution in [2.45, 2.75) is 76.5 Å². The van der Waals surface area contributed by atoms with Crippen molar-refractivity contribution in [2.75, 3.05) is 0 Å². The fourth-order valence-electron chi connectivity index (χ4n) is 14.1. The van der Waals surface area contributed by atoms with Gasteiger partial charge in [0.2, 0.25) is 0 Å². The third-order valence-corrected chi connectivity index (χ3v) is 18.1. The molecule has 0 fully saturated rings. The van der Waals surface area contributed by atoms with Gasteiger partial charge in [-0.25, -0.2) is 0 Å². The number of aromatic nitrogens is 2. The number of hydrogen-bond donors (Lipinski definition) is 0. The lowest BCUT2D eigenvalue weighted by molar-refractivity contribution is 0.617. The Kier molecular flexibility index (Phi) is 8.60. The summed E-state index contributed by atoms with van der Waals surface area (Å²) < 4.78 is 5.02. The summed E-state index contributed by atoms with van der Waals surface area (Å²) in [5, 5.41) is 5.25. The van der Waals surface area contributed by atoms with Crippen LogP contribution in [-0.4, -0.2) is 9.13 Å². The first-order valence-corrected chi connectivity index (χ1v) is 26.2. The molecule has 0 bridgehead atoms. The van der Waals surface area contributed by atoms with E-state index in [1.54, 1.807) is 0 Å². The van der Waals surface area contributed by atoms with E-state index in [4.69, 9.17) is 0 Å². The van der Waals surface area contributed by atoms with E-state index in [2.05, 4.69) is 251 Å². The number of allylic oxidation sites excluding steroid dienone is 4. The minimum absolute atomic E-state index is 0.0205. The molecule has 0 aliphatic heterocycles. The Morgan fingerprint density at radius 3 is 1.54 bits per heavy atom. The quantitative estimate of drug-likeness (QED) is 0.166. The van der Waals surface area contributed by atoms with Crippen LogP contribution < -0.4 is 0 Å². The molecule has 2 heterocycles. The first-order chi connectivity index (χ1) is 35.0. The average molecular weight is 925 g/mol. The molecule has 2 aromatic heterocycles. The maximum absolute atomic E-state index is 2.58. The largest absolute Gasteiger partial charge is 0.309 e. The number of nitrogens with zero attached hydrogens (tertiary/aromatic N) is 2. The van der Waals surface area contributed by atoms with Gasteiger partial charge in [0.05, 0.1) is 22.1 Å². The van der Waals surface area contributed by atoms with E-state index in [9.17, 15) is 0 Å². The van der Waals surface area contributed by atoms with Crippen molar-refractivity contribution in [3.8, 4) is 44.8 Å². The average Bonchev–Trinajstić information content (AvgIpc) is 4.07. The van der Waals surface area contributed by atoms with Gasteiger partial charge in [-0.3, -0.25) is 0 Å². The first-order valence-electron chi connectivity index (χ1n) is 26.2. The minimum Gasteiger partial charge on any atom is -0.309 e. The predicted octanol–water partition coefficient (Wildman–Crippen LogP) is 18.5. The van der Waals surface area contributed by atoms with Gasteiger partial charge in [-0.2, -0.15) is 0 Å². The number of para-hydroxylation sites is 2. The number of hydrogen-bond acceptors (Lipinski definition) is 0. The van der Waals surface area contributed by atoms with E-state index >= 15 is 0 Å². The smallest absolute Gasteiger partial charge is 0.0547 e. The van der Waals surface area contributed by atoms with Crippen molar-refractivity contribution in [1.29, 1.82) is 0 Å². The zero-order valence-electron chi connectivity index (χ0n) is 41.9. The van der Waals surface area contributed by atoms with Crippen molar-refractivity contribution < 1.29 is 0 Å². The lowest BCUT2D eigenvalue weighted by atomic mass is 9.72. The normalized spacial score (nSPS) is 18.9. The Labute approximate surface area is 422 Å². The molecule has 346 valence electrons. The SMILES string of the molecule is CC1c2cc3c4cc(-c5ccc6c(c5)-c5ccccc5C6(C)C)ccc4n(-c4ccccc4)c3cc2-c2cc3c(cc2C1C)c1cc(C2C=C4C(=CC2)C(C)(C)c2ccccc24)ccc1n3-c1ccccc1. The summed E-state index contributed by atoms with van der Waals surface area (Å²) in [6, 6.07) is 71.9. The van der Waals surface area contributed by atoms with E-state index < -0.39 is 0 Å². The highest BCUT2D eigenvalue weighted by Gasteiger charge is 2.40. The molecular weight excluding hydrogens is 869 g/mol. The molecule has 0 saturated carbocycles. The van der Waals surface area contributed by atoms with E-state index in [1.807, 2.05) is 0 Å². The van der Waals surface area contributed by atoms with E-state index in [-0.39, 0.29) is 10.8 Å². The second-order valence-electron chi connectivity index (χ2n) is 22.5. The van der Waals surface area contributed by atoms with E-state index in [0.717, 1.165) is 6.42 Å². The molecule has 0 saturated heterocycles. The molecule has 15 rings (SSSR count). The molecule has 0 amide bonds. The van der Waals surface area contributed by atoms with Crippen LogP contribution in [0.5, 0.6) is 0 Å². The summed E-state index contributed by atoms with van der Waals surface area (Å²) in [5.41, 5.74) is 28.0. The third-order valence-electron chi connectivity index (χ3n) is 18.1. The number of rotatable bonds is 4. The molecule has 2 nitrogen and oxygen atoms in total. The summed E-state index contributed by atoms with van der Waals surface area (Å²) in [6.07, 6.45) is 6.12. The molecule has 72 heavy (non-hydrogen) atoms. The highest BCUT2D eigenvalue weighted by atomic mass is 15.0. The second-order valence-corrected chi connectivity index (χ2v) is 22.5. The molecule has 0 spiro atoms. The van der Waals surface area contributed by atoms with Crippen molar-refractivity contribution in [3.05, 3.63) is 245 Å². The van der Waals surface area contributed by atoms with Gasteiger partial charge >= 0.3 is 0 Å². The maximum atomic E-state index is 2.58. The van der Waals surface area contributed by atoms with Crippen molar-refractivity contribution in [3.63, 3.8) is 0 Å². The highest BCUT2D eigenvalue weighted by molar-refractivity contribution is 6.14. The van der Waals surface area contributed by atoms with Crippen LogP contribution >= 0.6 is 0 Å². The standard InChI is InChI=1S/C70H56N2/c1-41-42(2)52-38-60-58-36-46(44-26-30-64-56(34-44)50-22-14-16-24-62(50)70(64,5)6)28-32-66(58)72(48-19-11-8-12-20-48)68(60)40-54(52)53-39-67-59(37-51(41)53)57-35-45(27-31-65(57)71(67)47-17-9-7-10-18-47)43-25-29-63-55(33-43)49-21-13-15-23-61(49)69(63,3)4/h7-25,27-42,44H,26H2,1-6H3. The Morgan fingerprint density at radius 2 is 0.903 bits per heavy atom. The van der Waals surface area contributed by atoms with E-state index in [0.29, 0.717) is 17.8 Å². The predicted molar refractivity (Wildman–Crippen MR) is 303 cm³/mol. The molecule has 4 aliphatic carbocycles. The third kappa shape index (κ3) is 5.67. The molecule has 0 N–H and O–H groups in total. The van der Waals surface area contributed by atoms with Gasteiger partial charge < -0.3 is 9.13 Å². The van der Waals surface area contributed by atoms with Crippen molar-refractivity contribution in [1.82, 2.24) is 9.13 Å². The van der Waals surface area contributed by atoms with E-state index in [1.165, 1.54) is 138 Å². The number of benzene rings is 9. The lowest BCUT2D eigenvalue weighted by Crippen LogP contribution is -2.16. The molecule has 2 heteroatoms. The second kappa shape index (κ2) is 14.8. The van der Waals surface area contributed by atoms with Crippen LogP contribution in [0.2, 0.25) is 0 Å². The van der Waals surface area contributed by atoms with Crippen LogP contribution in [0.3, 0.4) is 0 Å². The zero-order valence-corrected chi connectivity index (χ0v) is 41.9. The van der Waals surface area contributed by atoms with Crippen molar-refractivity contribution in [2.24, 2.45) is 0 Å². The van der Waals surface area contributed by atoms with Crippen LogP contribution in [0, 0.1) is 0 Å². The van der Waals surface area contributed by atoms with Gasteiger partial charge in [-0.05, 0) is 181 Å². The van der Waals surface area contributed by atoms with Crippen LogP contribution in [0.1, 0.15) is 105 Å². The topological polar surface area (TPSA) is 9.86 Å². The fourth-order valence-corrected chi connectivity index (χ4v) is 14.1.